The summed E-state index contributed by atoms with van der Waals surface area (Å²) in [6.45, 7) is 5.32. The van der Waals surface area contributed by atoms with Crippen LogP contribution in [-0.4, -0.2) is 12.6 Å². The molecule has 0 saturated carbocycles. The fraction of sp³-hybridized carbons (Fsp3) is 0.375. The predicted molar refractivity (Wildman–Crippen MR) is 88.1 cm³/mol. The second kappa shape index (κ2) is 7.22. The normalized spacial score (nSPS) is 12.6. The molecule has 0 aliphatic rings. The van der Waals surface area contributed by atoms with Crippen molar-refractivity contribution in [2.45, 2.75) is 32.7 Å². The monoisotopic (exact) mass is 337 g/mol. The van der Waals surface area contributed by atoms with Crippen LogP contribution in [0.3, 0.4) is 0 Å². The van der Waals surface area contributed by atoms with E-state index in [4.69, 9.17) is 0 Å². The van der Waals surface area contributed by atoms with Gasteiger partial charge in [0.25, 0.3) is 0 Å². The van der Waals surface area contributed by atoms with Crippen LogP contribution in [0.25, 0.3) is 0 Å². The zero-order valence-electron chi connectivity index (χ0n) is 11.4. The molecule has 102 valence electrons. The first-order valence-corrected chi connectivity index (χ1v) is 8.36. The highest BCUT2D eigenvalue weighted by Crippen LogP contribution is 2.21. The van der Waals surface area contributed by atoms with Gasteiger partial charge in [0.05, 0.1) is 0 Å². The van der Waals surface area contributed by atoms with Gasteiger partial charge in [-0.1, -0.05) is 36.8 Å². The molecule has 1 N–H and O–H groups in total. The van der Waals surface area contributed by atoms with E-state index in [1.165, 1.54) is 20.5 Å². The Hall–Kier alpha value is -0.640. The largest absolute Gasteiger partial charge is 0.314 e. The highest BCUT2D eigenvalue weighted by atomic mass is 79.9. The number of hydrogen-bond donors (Lipinski definition) is 1. The van der Waals surface area contributed by atoms with E-state index in [0.717, 1.165) is 19.4 Å². The van der Waals surface area contributed by atoms with Crippen molar-refractivity contribution in [2.75, 3.05) is 6.54 Å². The molecular formula is C16H20BrNS. The molecule has 1 nitrogen and oxygen atoms in total. The van der Waals surface area contributed by atoms with Gasteiger partial charge in [-0.15, -0.1) is 11.3 Å². The molecule has 1 unspecified atom stereocenters. The van der Waals surface area contributed by atoms with Crippen LogP contribution in [0, 0.1) is 6.92 Å². The van der Waals surface area contributed by atoms with Gasteiger partial charge in [-0.2, -0.15) is 0 Å². The number of nitrogens with one attached hydrogen (secondary N) is 1. The smallest absolute Gasteiger partial charge is 0.0285 e. The van der Waals surface area contributed by atoms with Crippen molar-refractivity contribution in [2.24, 2.45) is 0 Å². The molecule has 0 bridgehead atoms. The van der Waals surface area contributed by atoms with E-state index >= 15 is 0 Å². The second-order valence-corrected chi connectivity index (χ2v) is 6.79. The molecule has 1 heterocycles. The predicted octanol–water partition coefficient (Wildman–Crippen LogP) is 4.58. The number of thiophene rings is 1. The van der Waals surface area contributed by atoms with Crippen LogP contribution in [0.5, 0.6) is 0 Å². The lowest BCUT2D eigenvalue weighted by molar-refractivity contribution is 0.524. The molecule has 19 heavy (non-hydrogen) atoms. The van der Waals surface area contributed by atoms with Crippen molar-refractivity contribution >= 4 is 27.3 Å². The molecule has 1 atom stereocenters. The lowest BCUT2D eigenvalue weighted by Crippen LogP contribution is -2.32. The van der Waals surface area contributed by atoms with Gasteiger partial charge in [0.1, 0.15) is 0 Å². The number of benzene rings is 1. The molecule has 1 aromatic carbocycles. The third-order valence-corrected chi connectivity index (χ3v) is 4.88. The summed E-state index contributed by atoms with van der Waals surface area (Å²) >= 11 is 5.36. The highest BCUT2D eigenvalue weighted by Gasteiger charge is 2.11. The van der Waals surface area contributed by atoms with Crippen LogP contribution in [0.2, 0.25) is 0 Å². The summed E-state index contributed by atoms with van der Waals surface area (Å²) in [6.07, 6.45) is 2.18. The summed E-state index contributed by atoms with van der Waals surface area (Å²) in [4.78, 5) is 1.44. The minimum Gasteiger partial charge on any atom is -0.314 e. The molecule has 2 rings (SSSR count). The van der Waals surface area contributed by atoms with Crippen LogP contribution < -0.4 is 5.32 Å². The fourth-order valence-electron chi connectivity index (χ4n) is 2.22. The maximum atomic E-state index is 3.59. The van der Waals surface area contributed by atoms with E-state index in [1.807, 2.05) is 11.3 Å². The Balaban J connectivity index is 2.01. The summed E-state index contributed by atoms with van der Waals surface area (Å²) in [5, 5.41) is 5.75. The van der Waals surface area contributed by atoms with Crippen molar-refractivity contribution in [3.8, 4) is 0 Å². The fourth-order valence-corrected chi connectivity index (χ4v) is 3.75. The summed E-state index contributed by atoms with van der Waals surface area (Å²) < 4.78 is 1.19. The summed E-state index contributed by atoms with van der Waals surface area (Å²) in [5.41, 5.74) is 2.73. The van der Waals surface area contributed by atoms with Crippen molar-refractivity contribution in [1.82, 2.24) is 5.32 Å². The SMILES string of the molecule is CCNC(Cc1ccc(C)cc1)Cc1cc(Br)cs1. The molecule has 0 radical (unpaired) electrons. The average Bonchev–Trinajstić information content (AvgIpc) is 2.78. The van der Waals surface area contributed by atoms with Crippen molar-refractivity contribution in [1.29, 1.82) is 0 Å². The summed E-state index contributed by atoms with van der Waals surface area (Å²) in [6, 6.07) is 11.6. The maximum Gasteiger partial charge on any atom is 0.0285 e. The molecule has 0 aliphatic carbocycles. The molecule has 2 aromatic rings. The van der Waals surface area contributed by atoms with Crippen LogP contribution in [0.1, 0.15) is 22.9 Å². The molecule has 3 heteroatoms. The quantitative estimate of drug-likeness (QED) is 0.813. The molecule has 1 aromatic heterocycles. The van der Waals surface area contributed by atoms with Gasteiger partial charge < -0.3 is 5.32 Å². The first-order chi connectivity index (χ1) is 9.17. The maximum absolute atomic E-state index is 3.59. The van der Waals surface area contributed by atoms with Gasteiger partial charge >= 0.3 is 0 Å². The van der Waals surface area contributed by atoms with E-state index < -0.39 is 0 Å². The van der Waals surface area contributed by atoms with Gasteiger partial charge in [-0.05, 0) is 53.9 Å². The van der Waals surface area contributed by atoms with Crippen LogP contribution >= 0.6 is 27.3 Å². The summed E-state index contributed by atoms with van der Waals surface area (Å²) in [7, 11) is 0. The standard InChI is InChI=1S/C16H20BrNS/c1-3-18-15(10-16-9-14(17)11-19-16)8-13-6-4-12(2)5-7-13/h4-7,9,11,15,18H,3,8,10H2,1-2H3. The van der Waals surface area contributed by atoms with E-state index in [-0.39, 0.29) is 0 Å². The van der Waals surface area contributed by atoms with Crippen LogP contribution in [-0.2, 0) is 12.8 Å². The van der Waals surface area contributed by atoms with E-state index in [0.29, 0.717) is 6.04 Å². The van der Waals surface area contributed by atoms with Gasteiger partial charge in [-0.25, -0.2) is 0 Å². The Kier molecular flexibility index (Phi) is 5.61. The third-order valence-electron chi connectivity index (χ3n) is 3.16. The van der Waals surface area contributed by atoms with Crippen molar-refractivity contribution < 1.29 is 0 Å². The topological polar surface area (TPSA) is 12.0 Å². The number of halogens is 1. The minimum absolute atomic E-state index is 0.512. The van der Waals surface area contributed by atoms with Crippen LogP contribution in [0.4, 0.5) is 0 Å². The van der Waals surface area contributed by atoms with E-state index in [1.54, 1.807) is 0 Å². The Morgan fingerprint density at radius 1 is 1.21 bits per heavy atom. The lowest BCUT2D eigenvalue weighted by atomic mass is 10.0. The van der Waals surface area contributed by atoms with E-state index in [9.17, 15) is 0 Å². The molecule has 0 fully saturated rings. The molecule has 0 saturated heterocycles. The highest BCUT2D eigenvalue weighted by molar-refractivity contribution is 9.10. The van der Waals surface area contributed by atoms with Gasteiger partial charge in [0, 0.05) is 20.8 Å². The summed E-state index contributed by atoms with van der Waals surface area (Å²) in [5.74, 6) is 0. The number of rotatable bonds is 6. The first-order valence-electron chi connectivity index (χ1n) is 6.69. The molecular weight excluding hydrogens is 318 g/mol. The average molecular weight is 338 g/mol. The van der Waals surface area contributed by atoms with Gasteiger partial charge in [-0.3, -0.25) is 0 Å². The Labute approximate surface area is 128 Å². The molecule has 0 amide bonds. The van der Waals surface area contributed by atoms with Crippen LogP contribution in [0.15, 0.2) is 40.2 Å². The lowest BCUT2D eigenvalue weighted by Gasteiger charge is -2.17. The number of aryl methyl sites for hydroxylation is 1. The first kappa shape index (κ1) is 14.8. The second-order valence-electron chi connectivity index (χ2n) is 4.88. The van der Waals surface area contributed by atoms with E-state index in [2.05, 4.69) is 70.8 Å². The Morgan fingerprint density at radius 3 is 2.53 bits per heavy atom. The van der Waals surface area contributed by atoms with Crippen molar-refractivity contribution in [3.05, 3.63) is 56.2 Å². The van der Waals surface area contributed by atoms with Crippen molar-refractivity contribution in [3.63, 3.8) is 0 Å². The number of likely N-dealkylation sites (N-methyl/N-ethyl adjacent to an activating group) is 1. The zero-order chi connectivity index (χ0) is 13.7. The minimum atomic E-state index is 0.512. The number of hydrogen-bond acceptors (Lipinski definition) is 2. The van der Waals surface area contributed by atoms with Gasteiger partial charge in [0.15, 0.2) is 0 Å². The zero-order valence-corrected chi connectivity index (χ0v) is 13.9. The Morgan fingerprint density at radius 2 is 1.95 bits per heavy atom. The molecule has 0 spiro atoms. The third kappa shape index (κ3) is 4.75. The Bertz CT molecular complexity index is 504. The van der Waals surface area contributed by atoms with Gasteiger partial charge in [0.2, 0.25) is 0 Å². The molecule has 0 aliphatic heterocycles.